The first-order valence-electron chi connectivity index (χ1n) is 5.72. The van der Waals surface area contributed by atoms with E-state index in [2.05, 4.69) is 5.32 Å². The van der Waals surface area contributed by atoms with Crippen LogP contribution in [0, 0.1) is 5.92 Å². The zero-order valence-corrected chi connectivity index (χ0v) is 9.16. The molecule has 1 heterocycles. The van der Waals surface area contributed by atoms with Crippen LogP contribution in [-0.2, 0) is 9.53 Å². The fourth-order valence-corrected chi connectivity index (χ4v) is 2.28. The van der Waals surface area contributed by atoms with Crippen LogP contribution in [0.2, 0.25) is 0 Å². The number of nitrogens with one attached hydrogen (secondary N) is 1. The van der Waals surface area contributed by atoms with Crippen molar-refractivity contribution in [2.24, 2.45) is 5.92 Å². The van der Waals surface area contributed by atoms with Gasteiger partial charge in [0.15, 0.2) is 0 Å². The van der Waals surface area contributed by atoms with Crippen LogP contribution >= 0.6 is 0 Å². The van der Waals surface area contributed by atoms with Crippen molar-refractivity contribution in [3.05, 3.63) is 0 Å². The molecule has 2 aliphatic rings. The first-order chi connectivity index (χ1) is 7.13. The van der Waals surface area contributed by atoms with Crippen LogP contribution in [0.3, 0.4) is 0 Å². The van der Waals surface area contributed by atoms with Crippen LogP contribution < -0.4 is 5.32 Å². The quantitative estimate of drug-likeness (QED) is 0.731. The summed E-state index contributed by atoms with van der Waals surface area (Å²) in [5.74, 6) is -0.394. The number of aliphatic carboxylic acids is 1. The molecule has 0 radical (unpaired) electrons. The van der Waals surface area contributed by atoms with Crippen molar-refractivity contribution in [3.63, 3.8) is 0 Å². The summed E-state index contributed by atoms with van der Waals surface area (Å²) >= 11 is 0. The summed E-state index contributed by atoms with van der Waals surface area (Å²) in [5.41, 5.74) is -0.720. The lowest BCUT2D eigenvalue weighted by Crippen LogP contribution is -2.56. The smallest absolute Gasteiger partial charge is 0.323 e. The largest absolute Gasteiger partial charge is 0.480 e. The molecule has 0 aromatic heterocycles. The van der Waals surface area contributed by atoms with Gasteiger partial charge in [-0.1, -0.05) is 0 Å². The van der Waals surface area contributed by atoms with Crippen LogP contribution in [-0.4, -0.2) is 35.9 Å². The van der Waals surface area contributed by atoms with E-state index in [0.717, 1.165) is 38.9 Å². The van der Waals surface area contributed by atoms with E-state index >= 15 is 0 Å². The average molecular weight is 213 g/mol. The fraction of sp³-hybridized carbons (Fsp3) is 0.909. The number of ether oxygens (including phenoxy) is 1. The van der Waals surface area contributed by atoms with E-state index in [1.54, 1.807) is 0 Å². The third-order valence-electron chi connectivity index (χ3n) is 3.56. The Labute approximate surface area is 90.0 Å². The normalized spacial score (nSPS) is 27.3. The van der Waals surface area contributed by atoms with E-state index in [4.69, 9.17) is 4.74 Å². The molecule has 4 heteroatoms. The van der Waals surface area contributed by atoms with E-state index in [-0.39, 0.29) is 0 Å². The van der Waals surface area contributed by atoms with E-state index in [0.29, 0.717) is 12.0 Å². The van der Waals surface area contributed by atoms with Crippen molar-refractivity contribution in [1.29, 1.82) is 0 Å². The highest BCUT2D eigenvalue weighted by Crippen LogP contribution is 2.40. The Morgan fingerprint density at radius 1 is 1.33 bits per heavy atom. The van der Waals surface area contributed by atoms with E-state index < -0.39 is 11.5 Å². The number of carboxylic acid groups (broad SMARTS) is 1. The zero-order chi connectivity index (χ0) is 10.9. The molecule has 1 atom stereocenters. The summed E-state index contributed by atoms with van der Waals surface area (Å²) in [4.78, 5) is 11.3. The molecule has 4 nitrogen and oxygen atoms in total. The maximum Gasteiger partial charge on any atom is 0.323 e. The Morgan fingerprint density at radius 3 is 2.40 bits per heavy atom. The summed E-state index contributed by atoms with van der Waals surface area (Å²) in [6, 6.07) is 0.306. The molecule has 1 unspecified atom stereocenters. The molecule has 1 aliphatic heterocycles. The van der Waals surface area contributed by atoms with E-state index in [9.17, 15) is 9.90 Å². The van der Waals surface area contributed by atoms with Gasteiger partial charge in [0.25, 0.3) is 0 Å². The highest BCUT2D eigenvalue weighted by atomic mass is 16.5. The average Bonchev–Trinajstić information content (AvgIpc) is 3.02. The molecule has 0 spiro atoms. The van der Waals surface area contributed by atoms with Crippen LogP contribution in [0.15, 0.2) is 0 Å². The molecule has 1 saturated heterocycles. The topological polar surface area (TPSA) is 58.6 Å². The van der Waals surface area contributed by atoms with Gasteiger partial charge in [-0.2, -0.15) is 0 Å². The van der Waals surface area contributed by atoms with Gasteiger partial charge in [0.1, 0.15) is 5.54 Å². The Balaban J connectivity index is 1.96. The summed E-state index contributed by atoms with van der Waals surface area (Å²) in [6.07, 6.45) is 3.93. The third kappa shape index (κ3) is 2.32. The zero-order valence-electron chi connectivity index (χ0n) is 9.16. The minimum Gasteiger partial charge on any atom is -0.480 e. The Bertz CT molecular complexity index is 246. The van der Waals surface area contributed by atoms with Gasteiger partial charge in [-0.05, 0) is 38.5 Å². The van der Waals surface area contributed by atoms with Crippen LogP contribution in [0.4, 0.5) is 0 Å². The summed E-state index contributed by atoms with van der Waals surface area (Å²) < 4.78 is 5.26. The summed E-state index contributed by atoms with van der Waals surface area (Å²) in [5, 5.41) is 12.6. The van der Waals surface area contributed by atoms with Gasteiger partial charge in [0.2, 0.25) is 0 Å². The standard InChI is InChI=1S/C11H19NO3/c1-11(10(13)14,8-2-3-8)12-9-4-6-15-7-5-9/h8-9,12H,2-7H2,1H3,(H,13,14). The highest BCUT2D eigenvalue weighted by molar-refractivity contribution is 5.79. The third-order valence-corrected chi connectivity index (χ3v) is 3.56. The summed E-state index contributed by atoms with van der Waals surface area (Å²) in [7, 11) is 0. The van der Waals surface area contributed by atoms with Crippen molar-refractivity contribution in [1.82, 2.24) is 5.32 Å². The minimum absolute atomic E-state index is 0.306. The minimum atomic E-state index is -0.720. The molecule has 15 heavy (non-hydrogen) atoms. The summed E-state index contributed by atoms with van der Waals surface area (Å²) in [6.45, 7) is 3.32. The molecule has 2 fully saturated rings. The molecule has 0 bridgehead atoms. The van der Waals surface area contributed by atoms with Crippen molar-refractivity contribution >= 4 is 5.97 Å². The number of carbonyl (C=O) groups is 1. The molecule has 86 valence electrons. The van der Waals surface area contributed by atoms with Gasteiger partial charge < -0.3 is 9.84 Å². The van der Waals surface area contributed by atoms with Gasteiger partial charge in [-0.15, -0.1) is 0 Å². The number of carboxylic acids is 1. The van der Waals surface area contributed by atoms with Gasteiger partial charge in [0.05, 0.1) is 0 Å². The van der Waals surface area contributed by atoms with Crippen LogP contribution in [0.5, 0.6) is 0 Å². The monoisotopic (exact) mass is 213 g/mol. The van der Waals surface area contributed by atoms with Crippen LogP contribution in [0.1, 0.15) is 32.6 Å². The number of hydrogen-bond donors (Lipinski definition) is 2. The van der Waals surface area contributed by atoms with Crippen molar-refractivity contribution < 1.29 is 14.6 Å². The van der Waals surface area contributed by atoms with Crippen molar-refractivity contribution in [2.45, 2.75) is 44.2 Å². The molecule has 2 rings (SSSR count). The molecule has 1 aliphatic carbocycles. The molecule has 0 aromatic carbocycles. The molecule has 2 N–H and O–H groups in total. The first-order valence-corrected chi connectivity index (χ1v) is 5.72. The number of rotatable bonds is 4. The molecule has 1 saturated carbocycles. The molecule has 0 amide bonds. The predicted octanol–water partition coefficient (Wildman–Crippen LogP) is 1.01. The van der Waals surface area contributed by atoms with Gasteiger partial charge >= 0.3 is 5.97 Å². The first kappa shape index (κ1) is 10.9. The van der Waals surface area contributed by atoms with Gasteiger partial charge in [-0.25, -0.2) is 0 Å². The van der Waals surface area contributed by atoms with Crippen LogP contribution in [0.25, 0.3) is 0 Å². The lowest BCUT2D eigenvalue weighted by molar-refractivity contribution is -0.145. The second-order valence-corrected chi connectivity index (χ2v) is 4.81. The van der Waals surface area contributed by atoms with Gasteiger partial charge in [0, 0.05) is 19.3 Å². The fourth-order valence-electron chi connectivity index (χ4n) is 2.28. The second-order valence-electron chi connectivity index (χ2n) is 4.81. The number of hydrogen-bond acceptors (Lipinski definition) is 3. The van der Waals surface area contributed by atoms with E-state index in [1.807, 2.05) is 6.92 Å². The van der Waals surface area contributed by atoms with Gasteiger partial charge in [-0.3, -0.25) is 10.1 Å². The van der Waals surface area contributed by atoms with Crippen molar-refractivity contribution in [2.75, 3.05) is 13.2 Å². The second kappa shape index (κ2) is 4.10. The Hall–Kier alpha value is -0.610. The molecule has 0 aromatic rings. The Morgan fingerprint density at radius 2 is 1.93 bits per heavy atom. The molecular weight excluding hydrogens is 194 g/mol. The predicted molar refractivity (Wildman–Crippen MR) is 55.7 cm³/mol. The maximum atomic E-state index is 11.3. The van der Waals surface area contributed by atoms with E-state index in [1.165, 1.54) is 0 Å². The molecular formula is C11H19NO3. The van der Waals surface area contributed by atoms with Crippen molar-refractivity contribution in [3.8, 4) is 0 Å². The SMILES string of the molecule is CC(NC1CCOCC1)(C(=O)O)C1CC1. The highest BCUT2D eigenvalue weighted by Gasteiger charge is 2.48. The Kier molecular flexibility index (Phi) is 2.98. The maximum absolute atomic E-state index is 11.3. The lowest BCUT2D eigenvalue weighted by Gasteiger charge is -2.33. The lowest BCUT2D eigenvalue weighted by atomic mass is 9.93.